The van der Waals surface area contributed by atoms with Crippen LogP contribution in [0.2, 0.25) is 0 Å². The van der Waals surface area contributed by atoms with Gasteiger partial charge in [-0.1, -0.05) is 36.4 Å². The number of fused-ring (bicyclic) bond motifs is 1. The summed E-state index contributed by atoms with van der Waals surface area (Å²) in [5.41, 5.74) is 2.98. The fourth-order valence-electron chi connectivity index (χ4n) is 4.84. The molecule has 2 aliphatic heterocycles. The zero-order valence-corrected chi connectivity index (χ0v) is 18.0. The summed E-state index contributed by atoms with van der Waals surface area (Å²) in [5.74, 6) is 1.26. The van der Waals surface area contributed by atoms with E-state index < -0.39 is 0 Å². The Kier molecular flexibility index (Phi) is 6.95. The van der Waals surface area contributed by atoms with E-state index >= 15 is 0 Å². The molecule has 2 aromatic carbocycles. The number of rotatable bonds is 3. The largest absolute Gasteiger partial charge is 0.496 e. The second-order valence-electron chi connectivity index (χ2n) is 7.91. The molecule has 0 saturated carbocycles. The Morgan fingerprint density at radius 3 is 2.35 bits per heavy atom. The molecule has 2 aromatic rings. The van der Waals surface area contributed by atoms with Crippen molar-refractivity contribution in [2.45, 2.75) is 19.9 Å². The van der Waals surface area contributed by atoms with Gasteiger partial charge in [-0.05, 0) is 30.2 Å². The summed E-state index contributed by atoms with van der Waals surface area (Å²) in [6.07, 6.45) is 0. The van der Waals surface area contributed by atoms with Crippen LogP contribution < -0.4 is 4.74 Å². The number of carbonyl (C=O) groups excluding carboxylic acids is 2. The maximum Gasteiger partial charge on any atom is 0.290 e. The van der Waals surface area contributed by atoms with Crippen LogP contribution >= 0.6 is 0 Å². The molecule has 31 heavy (non-hydrogen) atoms. The van der Waals surface area contributed by atoms with Crippen molar-refractivity contribution in [3.05, 3.63) is 65.2 Å². The van der Waals surface area contributed by atoms with Gasteiger partial charge in [0.1, 0.15) is 5.75 Å². The Bertz CT molecular complexity index is 960. The van der Waals surface area contributed by atoms with E-state index in [-0.39, 0.29) is 30.2 Å². The third-order valence-electron chi connectivity index (χ3n) is 6.20. The molecule has 4 rings (SSSR count). The maximum atomic E-state index is 13.1. The van der Waals surface area contributed by atoms with Crippen LogP contribution in [0, 0.1) is 18.8 Å². The minimum Gasteiger partial charge on any atom is -0.496 e. The first kappa shape index (κ1) is 22.3. The molecule has 1 N–H and O–H groups in total. The molecular weight excluding hydrogens is 396 g/mol. The smallest absolute Gasteiger partial charge is 0.290 e. The highest BCUT2D eigenvalue weighted by atomic mass is 16.5. The standard InChI is InChI=1S/C23H26N2O3.CH2O2/c1-15-8-4-5-9-18(15)22-20-14-24(12-17(20)13-25(22)16(2)26)23(27)19-10-6-7-11-21(19)28-3;2-1-3/h4-11,17,20,22H,12-14H2,1-3H3;1H,(H,2,3)/t17-,20-,22+;/m1./s1. The molecule has 7 nitrogen and oxygen atoms in total. The third kappa shape index (κ3) is 4.40. The SMILES string of the molecule is COc1ccccc1C(=O)N1C[C@@H]2CN(C(C)=O)[C@@H](c3ccccc3C)[C@@H]2C1.O=CO. The number of benzene rings is 2. The summed E-state index contributed by atoms with van der Waals surface area (Å²) < 4.78 is 5.37. The summed E-state index contributed by atoms with van der Waals surface area (Å²) in [4.78, 5) is 37.7. The van der Waals surface area contributed by atoms with Crippen molar-refractivity contribution >= 4 is 18.3 Å². The number of likely N-dealkylation sites (tertiary alicyclic amines) is 2. The minimum absolute atomic E-state index is 0.00441. The lowest BCUT2D eigenvalue weighted by Crippen LogP contribution is -2.36. The number of amides is 2. The second-order valence-corrected chi connectivity index (χ2v) is 7.91. The zero-order chi connectivity index (χ0) is 22.5. The van der Waals surface area contributed by atoms with Crippen molar-refractivity contribution in [3.8, 4) is 5.75 Å². The van der Waals surface area contributed by atoms with Crippen LogP contribution in [0.3, 0.4) is 0 Å². The fraction of sp³-hybridized carbons (Fsp3) is 0.375. The first-order valence-electron chi connectivity index (χ1n) is 10.3. The summed E-state index contributed by atoms with van der Waals surface area (Å²) in [6, 6.07) is 15.6. The van der Waals surface area contributed by atoms with Gasteiger partial charge in [0.2, 0.25) is 5.91 Å². The van der Waals surface area contributed by atoms with Crippen molar-refractivity contribution in [1.82, 2.24) is 9.80 Å². The highest BCUT2D eigenvalue weighted by Gasteiger charge is 2.49. The third-order valence-corrected chi connectivity index (χ3v) is 6.20. The van der Waals surface area contributed by atoms with Crippen LogP contribution in [0.15, 0.2) is 48.5 Å². The molecule has 0 aromatic heterocycles. The molecule has 0 unspecified atom stereocenters. The number of carboxylic acid groups (broad SMARTS) is 1. The number of hydrogen-bond donors (Lipinski definition) is 1. The second kappa shape index (κ2) is 9.64. The Hall–Kier alpha value is -3.35. The van der Waals surface area contributed by atoms with E-state index in [0.29, 0.717) is 36.9 Å². The van der Waals surface area contributed by atoms with Crippen molar-refractivity contribution in [2.75, 3.05) is 26.7 Å². The lowest BCUT2D eigenvalue weighted by Gasteiger charge is -2.30. The monoisotopic (exact) mass is 424 g/mol. The summed E-state index contributed by atoms with van der Waals surface area (Å²) in [7, 11) is 1.59. The Morgan fingerprint density at radius 2 is 1.71 bits per heavy atom. The van der Waals surface area contributed by atoms with E-state index in [1.165, 1.54) is 11.1 Å². The molecule has 0 spiro atoms. The predicted molar refractivity (Wildman–Crippen MR) is 116 cm³/mol. The summed E-state index contributed by atoms with van der Waals surface area (Å²) in [5, 5.41) is 6.89. The van der Waals surface area contributed by atoms with E-state index in [2.05, 4.69) is 19.1 Å². The predicted octanol–water partition coefficient (Wildman–Crippen LogP) is 3.00. The number of ether oxygens (including phenoxy) is 1. The van der Waals surface area contributed by atoms with Crippen LogP contribution in [0.25, 0.3) is 0 Å². The number of methoxy groups -OCH3 is 1. The average Bonchev–Trinajstić information content (AvgIpc) is 3.32. The van der Waals surface area contributed by atoms with Gasteiger partial charge in [-0.2, -0.15) is 0 Å². The molecular formula is C24H28N2O5. The zero-order valence-electron chi connectivity index (χ0n) is 18.0. The molecule has 2 amide bonds. The lowest BCUT2D eigenvalue weighted by molar-refractivity contribution is -0.130. The number of carbonyl (C=O) groups is 3. The van der Waals surface area contributed by atoms with E-state index in [1.54, 1.807) is 14.0 Å². The molecule has 0 bridgehead atoms. The quantitative estimate of drug-likeness (QED) is 0.766. The Labute approximate surface area is 182 Å². The van der Waals surface area contributed by atoms with Crippen LogP contribution in [0.4, 0.5) is 0 Å². The van der Waals surface area contributed by atoms with Gasteiger partial charge >= 0.3 is 0 Å². The van der Waals surface area contributed by atoms with Gasteiger partial charge in [0.05, 0.1) is 18.7 Å². The van der Waals surface area contributed by atoms with Crippen LogP contribution in [0.5, 0.6) is 5.75 Å². The highest BCUT2D eigenvalue weighted by Crippen LogP contribution is 2.46. The van der Waals surface area contributed by atoms with Gasteiger partial charge in [-0.15, -0.1) is 0 Å². The number of aryl methyl sites for hydroxylation is 1. The average molecular weight is 424 g/mol. The van der Waals surface area contributed by atoms with Crippen LogP contribution in [-0.2, 0) is 9.59 Å². The molecule has 2 saturated heterocycles. The van der Waals surface area contributed by atoms with Crippen molar-refractivity contribution in [3.63, 3.8) is 0 Å². The molecule has 2 aliphatic rings. The van der Waals surface area contributed by atoms with Gasteiger partial charge in [-0.25, -0.2) is 0 Å². The van der Waals surface area contributed by atoms with E-state index in [9.17, 15) is 9.59 Å². The topological polar surface area (TPSA) is 87.2 Å². The summed E-state index contributed by atoms with van der Waals surface area (Å²) in [6.45, 7) is 5.52. The number of para-hydroxylation sites is 1. The number of hydrogen-bond acceptors (Lipinski definition) is 4. The molecule has 2 fully saturated rings. The van der Waals surface area contributed by atoms with Gasteiger partial charge in [0.25, 0.3) is 12.4 Å². The first-order chi connectivity index (χ1) is 14.9. The molecule has 3 atom stereocenters. The summed E-state index contributed by atoms with van der Waals surface area (Å²) >= 11 is 0. The van der Waals surface area contributed by atoms with Crippen molar-refractivity contribution < 1.29 is 24.2 Å². The van der Waals surface area contributed by atoms with Gasteiger partial charge < -0.3 is 19.6 Å². The van der Waals surface area contributed by atoms with Crippen LogP contribution in [0.1, 0.15) is 34.5 Å². The van der Waals surface area contributed by atoms with Crippen molar-refractivity contribution in [2.24, 2.45) is 11.8 Å². The van der Waals surface area contributed by atoms with E-state index in [4.69, 9.17) is 14.6 Å². The number of nitrogens with zero attached hydrogens (tertiary/aromatic N) is 2. The maximum absolute atomic E-state index is 13.1. The molecule has 0 radical (unpaired) electrons. The van der Waals surface area contributed by atoms with Crippen molar-refractivity contribution in [1.29, 1.82) is 0 Å². The van der Waals surface area contributed by atoms with Crippen LogP contribution in [-0.4, -0.2) is 59.9 Å². The molecule has 2 heterocycles. The van der Waals surface area contributed by atoms with Gasteiger partial charge in [0, 0.05) is 38.4 Å². The lowest BCUT2D eigenvalue weighted by atomic mass is 9.87. The first-order valence-corrected chi connectivity index (χ1v) is 10.3. The Balaban J connectivity index is 0.000000858. The molecule has 0 aliphatic carbocycles. The minimum atomic E-state index is -0.250. The normalized spacial score (nSPS) is 21.7. The van der Waals surface area contributed by atoms with Gasteiger partial charge in [-0.3, -0.25) is 14.4 Å². The van der Waals surface area contributed by atoms with E-state index in [0.717, 1.165) is 0 Å². The molecule has 7 heteroatoms. The highest BCUT2D eigenvalue weighted by molar-refractivity contribution is 5.97. The van der Waals surface area contributed by atoms with Gasteiger partial charge in [0.15, 0.2) is 0 Å². The fourth-order valence-corrected chi connectivity index (χ4v) is 4.84. The molecule has 164 valence electrons. The van der Waals surface area contributed by atoms with E-state index in [1.807, 2.05) is 46.2 Å². The Morgan fingerprint density at radius 1 is 1.06 bits per heavy atom.